The molecule has 0 fully saturated rings. The number of Topliss-reactive ketones (excluding diaryl/α,β-unsaturated/α-hetero) is 1. The number of amides is 1. The second-order valence-electron chi connectivity index (χ2n) is 4.49. The Kier molecular flexibility index (Phi) is 3.17. The summed E-state index contributed by atoms with van der Waals surface area (Å²) in [6, 6.07) is 11.2. The van der Waals surface area contributed by atoms with Crippen LogP contribution in [0.3, 0.4) is 0 Å². The summed E-state index contributed by atoms with van der Waals surface area (Å²) >= 11 is 1.58. The van der Waals surface area contributed by atoms with Crippen LogP contribution in [0.1, 0.15) is 21.7 Å². The van der Waals surface area contributed by atoms with Gasteiger partial charge < -0.3 is 4.90 Å². The third-order valence-corrected chi connectivity index (χ3v) is 4.14. The van der Waals surface area contributed by atoms with Gasteiger partial charge in [0.25, 0.3) is 0 Å². The van der Waals surface area contributed by atoms with E-state index in [4.69, 9.17) is 0 Å². The normalized spacial score (nSPS) is 14.3. The van der Waals surface area contributed by atoms with Gasteiger partial charge in [-0.05, 0) is 23.6 Å². The van der Waals surface area contributed by atoms with Gasteiger partial charge in [0.2, 0.25) is 5.91 Å². The van der Waals surface area contributed by atoms with E-state index in [2.05, 4.69) is 0 Å². The van der Waals surface area contributed by atoms with Crippen LogP contribution in [0.5, 0.6) is 0 Å². The summed E-state index contributed by atoms with van der Waals surface area (Å²) in [6.45, 7) is 0.486. The molecule has 4 heteroatoms. The Morgan fingerprint density at radius 1 is 1.21 bits per heavy atom. The largest absolute Gasteiger partial charge is 0.311 e. The zero-order chi connectivity index (χ0) is 13.2. The average molecular weight is 271 g/mol. The first-order valence-corrected chi connectivity index (χ1v) is 7.08. The first-order valence-electron chi connectivity index (χ1n) is 6.20. The van der Waals surface area contributed by atoms with Crippen molar-refractivity contribution >= 4 is 28.7 Å². The Morgan fingerprint density at radius 2 is 2.05 bits per heavy atom. The minimum absolute atomic E-state index is 0.0578. The lowest BCUT2D eigenvalue weighted by Gasteiger charge is -2.28. The van der Waals surface area contributed by atoms with Gasteiger partial charge >= 0.3 is 0 Å². The molecule has 1 amide bonds. The molecular formula is C15H13NO2S. The Balaban J connectivity index is 1.88. The molecule has 0 saturated heterocycles. The van der Waals surface area contributed by atoms with E-state index in [-0.39, 0.29) is 11.7 Å². The molecule has 3 rings (SSSR count). The molecule has 0 aliphatic carbocycles. The summed E-state index contributed by atoms with van der Waals surface area (Å²) in [5, 5.41) is 1.97. The van der Waals surface area contributed by atoms with Crippen molar-refractivity contribution in [2.75, 3.05) is 11.4 Å². The molecule has 0 radical (unpaired) electrons. The van der Waals surface area contributed by atoms with Crippen molar-refractivity contribution in [1.82, 2.24) is 0 Å². The number of benzene rings is 1. The van der Waals surface area contributed by atoms with Gasteiger partial charge in [0.1, 0.15) is 0 Å². The van der Waals surface area contributed by atoms with Gasteiger partial charge in [-0.15, -0.1) is 11.3 Å². The van der Waals surface area contributed by atoms with E-state index in [9.17, 15) is 9.59 Å². The van der Waals surface area contributed by atoms with Crippen LogP contribution in [0.25, 0.3) is 0 Å². The van der Waals surface area contributed by atoms with Crippen molar-refractivity contribution in [3.63, 3.8) is 0 Å². The Bertz CT molecular complexity index is 619. The number of thiophene rings is 1. The maximum absolute atomic E-state index is 12.4. The summed E-state index contributed by atoms with van der Waals surface area (Å²) < 4.78 is 0. The number of anilines is 1. The molecule has 0 N–H and O–H groups in total. The first-order chi connectivity index (χ1) is 9.25. The summed E-state index contributed by atoms with van der Waals surface area (Å²) in [6.07, 6.45) is 0.813. The molecule has 0 atom stereocenters. The Labute approximate surface area is 115 Å². The molecule has 0 spiro atoms. The molecule has 96 valence electrons. The standard InChI is InChI=1S/C15H13NO2S/c17-14-7-8-16(13-6-2-1-5-12(13)14)15(18)10-11-4-3-9-19-11/h1-6,9H,7-8,10H2. The molecule has 1 aromatic heterocycles. The SMILES string of the molecule is O=C1CCN(C(=O)Cc2cccs2)c2ccccc21. The maximum Gasteiger partial charge on any atom is 0.232 e. The molecule has 2 aromatic rings. The van der Waals surface area contributed by atoms with Crippen molar-refractivity contribution in [3.05, 3.63) is 52.2 Å². The molecular weight excluding hydrogens is 258 g/mol. The topological polar surface area (TPSA) is 37.4 Å². The molecule has 1 aromatic carbocycles. The lowest BCUT2D eigenvalue weighted by Crippen LogP contribution is -2.38. The zero-order valence-corrected chi connectivity index (χ0v) is 11.2. The minimum atomic E-state index is 0.0578. The molecule has 3 nitrogen and oxygen atoms in total. The number of hydrogen-bond acceptors (Lipinski definition) is 3. The number of ketones is 1. The van der Waals surface area contributed by atoms with Crippen LogP contribution in [0.2, 0.25) is 0 Å². The number of nitrogens with zero attached hydrogens (tertiary/aromatic N) is 1. The predicted molar refractivity (Wildman–Crippen MR) is 75.8 cm³/mol. The van der Waals surface area contributed by atoms with Gasteiger partial charge in [-0.25, -0.2) is 0 Å². The minimum Gasteiger partial charge on any atom is -0.311 e. The van der Waals surface area contributed by atoms with Crippen LogP contribution in [0, 0.1) is 0 Å². The van der Waals surface area contributed by atoms with Crippen LogP contribution in [-0.2, 0) is 11.2 Å². The van der Waals surface area contributed by atoms with E-state index in [0.717, 1.165) is 10.6 Å². The third kappa shape index (κ3) is 2.31. The van der Waals surface area contributed by atoms with Gasteiger partial charge in [-0.2, -0.15) is 0 Å². The third-order valence-electron chi connectivity index (χ3n) is 3.26. The van der Waals surface area contributed by atoms with Crippen molar-refractivity contribution < 1.29 is 9.59 Å². The summed E-state index contributed by atoms with van der Waals surface area (Å²) in [5.41, 5.74) is 1.41. The van der Waals surface area contributed by atoms with Crippen LogP contribution >= 0.6 is 11.3 Å². The van der Waals surface area contributed by atoms with Crippen molar-refractivity contribution in [3.8, 4) is 0 Å². The van der Waals surface area contributed by atoms with E-state index in [1.807, 2.05) is 35.7 Å². The fourth-order valence-corrected chi connectivity index (χ4v) is 3.03. The number of fused-ring (bicyclic) bond motifs is 1. The highest BCUT2D eigenvalue weighted by Gasteiger charge is 2.26. The smallest absolute Gasteiger partial charge is 0.232 e. The van der Waals surface area contributed by atoms with E-state index in [0.29, 0.717) is 24.9 Å². The number of hydrogen-bond donors (Lipinski definition) is 0. The van der Waals surface area contributed by atoms with E-state index >= 15 is 0 Å². The molecule has 2 heterocycles. The number of carbonyl (C=O) groups is 2. The van der Waals surface area contributed by atoms with Crippen molar-refractivity contribution in [2.24, 2.45) is 0 Å². The second-order valence-corrected chi connectivity index (χ2v) is 5.52. The van der Waals surface area contributed by atoms with Gasteiger partial charge in [-0.1, -0.05) is 18.2 Å². The highest BCUT2D eigenvalue weighted by atomic mass is 32.1. The molecule has 0 bridgehead atoms. The van der Waals surface area contributed by atoms with Crippen LogP contribution in [0.15, 0.2) is 41.8 Å². The van der Waals surface area contributed by atoms with Gasteiger partial charge in [0.15, 0.2) is 5.78 Å². The Hall–Kier alpha value is -1.94. The molecule has 0 unspecified atom stereocenters. The van der Waals surface area contributed by atoms with Gasteiger partial charge in [0.05, 0.1) is 12.1 Å². The highest BCUT2D eigenvalue weighted by Crippen LogP contribution is 2.27. The highest BCUT2D eigenvalue weighted by molar-refractivity contribution is 7.10. The molecule has 0 saturated carbocycles. The molecule has 1 aliphatic heterocycles. The molecule has 19 heavy (non-hydrogen) atoms. The fourth-order valence-electron chi connectivity index (χ4n) is 2.33. The quantitative estimate of drug-likeness (QED) is 0.842. The zero-order valence-electron chi connectivity index (χ0n) is 10.3. The monoisotopic (exact) mass is 271 g/mol. The summed E-state index contributed by atoms with van der Waals surface area (Å²) in [4.78, 5) is 27.0. The van der Waals surface area contributed by atoms with Crippen LogP contribution in [0.4, 0.5) is 5.69 Å². The average Bonchev–Trinajstić information content (AvgIpc) is 2.92. The lowest BCUT2D eigenvalue weighted by molar-refractivity contribution is -0.117. The van der Waals surface area contributed by atoms with Gasteiger partial charge in [-0.3, -0.25) is 9.59 Å². The fraction of sp³-hybridized carbons (Fsp3) is 0.200. The van der Waals surface area contributed by atoms with Gasteiger partial charge in [0, 0.05) is 23.4 Å². The summed E-state index contributed by atoms with van der Waals surface area (Å²) in [7, 11) is 0. The second kappa shape index (κ2) is 4.97. The van der Waals surface area contributed by atoms with Crippen molar-refractivity contribution in [2.45, 2.75) is 12.8 Å². The Morgan fingerprint density at radius 3 is 2.84 bits per heavy atom. The van der Waals surface area contributed by atoms with Crippen molar-refractivity contribution in [1.29, 1.82) is 0 Å². The number of rotatable bonds is 2. The van der Waals surface area contributed by atoms with Crippen LogP contribution < -0.4 is 4.90 Å². The maximum atomic E-state index is 12.4. The number of para-hydroxylation sites is 1. The predicted octanol–water partition coefficient (Wildman–Crippen LogP) is 2.91. The molecule has 1 aliphatic rings. The van der Waals surface area contributed by atoms with E-state index in [1.165, 1.54) is 0 Å². The first kappa shape index (κ1) is 12.1. The van der Waals surface area contributed by atoms with E-state index in [1.54, 1.807) is 22.3 Å². The summed E-state index contributed by atoms with van der Waals surface area (Å²) in [5.74, 6) is 0.179. The number of carbonyl (C=O) groups excluding carboxylic acids is 2. The lowest BCUT2D eigenvalue weighted by atomic mass is 10.00. The van der Waals surface area contributed by atoms with Crippen LogP contribution in [-0.4, -0.2) is 18.2 Å². The van der Waals surface area contributed by atoms with E-state index < -0.39 is 0 Å².